The highest BCUT2D eigenvalue weighted by atomic mass is 79.9. The summed E-state index contributed by atoms with van der Waals surface area (Å²) in [5.74, 6) is 0.178. The van der Waals surface area contributed by atoms with Gasteiger partial charge < -0.3 is 15.8 Å². The zero-order valence-electron chi connectivity index (χ0n) is 11.7. The van der Waals surface area contributed by atoms with Crippen LogP contribution in [0.15, 0.2) is 45.6 Å². The zero-order chi connectivity index (χ0) is 15.2. The number of nitrogens with one attached hydrogen (secondary N) is 1. The molecular formula is C15H16BrN3OS. The molecule has 0 fully saturated rings. The number of nitrogens with two attached hydrogens (primary N) is 1. The Balaban J connectivity index is 2.09. The van der Waals surface area contributed by atoms with Crippen LogP contribution >= 0.6 is 27.3 Å². The molecule has 0 aromatic carbocycles. The van der Waals surface area contributed by atoms with Gasteiger partial charge in [-0.15, -0.1) is 11.3 Å². The maximum absolute atomic E-state index is 10.0. The molecule has 2 heterocycles. The molecule has 2 aromatic rings. The van der Waals surface area contributed by atoms with Gasteiger partial charge in [0.15, 0.2) is 0 Å². The topological polar surface area (TPSA) is 74.9 Å². The second-order valence-electron chi connectivity index (χ2n) is 5.49. The Bertz CT molecular complexity index is 728. The number of allylic oxidation sites excluding steroid dienone is 1. The third-order valence-electron chi connectivity index (χ3n) is 3.81. The molecule has 0 amide bonds. The van der Waals surface area contributed by atoms with Crippen molar-refractivity contribution in [1.29, 1.82) is 0 Å². The van der Waals surface area contributed by atoms with Crippen molar-refractivity contribution in [2.45, 2.75) is 25.3 Å². The van der Waals surface area contributed by atoms with E-state index in [0.717, 1.165) is 26.4 Å². The smallest absolute Gasteiger partial charge is 0.140 e. The number of aliphatic hydroxyl groups is 1. The normalized spacial score (nSPS) is 25.6. The van der Waals surface area contributed by atoms with E-state index in [0.29, 0.717) is 0 Å². The monoisotopic (exact) mass is 365 g/mol. The van der Waals surface area contributed by atoms with Gasteiger partial charge >= 0.3 is 0 Å². The molecule has 0 aliphatic heterocycles. The zero-order valence-corrected chi connectivity index (χ0v) is 14.1. The van der Waals surface area contributed by atoms with Gasteiger partial charge in [-0.1, -0.05) is 6.08 Å². The predicted molar refractivity (Wildman–Crippen MR) is 89.4 cm³/mol. The summed E-state index contributed by atoms with van der Waals surface area (Å²) in [6.07, 6.45) is 5.30. The van der Waals surface area contributed by atoms with E-state index in [4.69, 9.17) is 5.73 Å². The number of hydrogen-bond donors (Lipinski definition) is 3. The highest BCUT2D eigenvalue weighted by Gasteiger charge is 2.36. The second kappa shape index (κ2) is 5.12. The standard InChI is InChI=1S/C15H16BrN3OS/c1-8-11(20)3-4-15(2,17)12(8)10-7-9(16)13(19-10)14-18-5-6-21-14/h3-7,12,19-20H,17H2,1-2H3. The van der Waals surface area contributed by atoms with Crippen molar-refractivity contribution in [3.63, 3.8) is 0 Å². The van der Waals surface area contributed by atoms with Crippen molar-refractivity contribution in [2.75, 3.05) is 0 Å². The second-order valence-corrected chi connectivity index (χ2v) is 7.23. The fourth-order valence-corrected chi connectivity index (χ4v) is 4.09. The van der Waals surface area contributed by atoms with Crippen LogP contribution in [-0.2, 0) is 0 Å². The summed E-state index contributed by atoms with van der Waals surface area (Å²) in [5.41, 5.74) is 8.62. The van der Waals surface area contributed by atoms with Crippen LogP contribution in [0.25, 0.3) is 10.7 Å². The number of nitrogens with zero attached hydrogens (tertiary/aromatic N) is 1. The Morgan fingerprint density at radius 3 is 2.95 bits per heavy atom. The lowest BCUT2D eigenvalue weighted by Crippen LogP contribution is -2.43. The van der Waals surface area contributed by atoms with Crippen LogP contribution in [0, 0.1) is 0 Å². The van der Waals surface area contributed by atoms with Crippen LogP contribution in [0.3, 0.4) is 0 Å². The molecule has 3 rings (SSSR count). The van der Waals surface area contributed by atoms with Crippen LogP contribution in [-0.4, -0.2) is 20.6 Å². The molecule has 4 N–H and O–H groups in total. The minimum absolute atomic E-state index is 0.104. The molecule has 0 spiro atoms. The van der Waals surface area contributed by atoms with E-state index in [1.807, 2.05) is 31.4 Å². The number of aliphatic hydroxyl groups excluding tert-OH is 1. The highest BCUT2D eigenvalue weighted by molar-refractivity contribution is 9.10. The van der Waals surface area contributed by atoms with E-state index < -0.39 is 5.54 Å². The van der Waals surface area contributed by atoms with Crippen molar-refractivity contribution in [1.82, 2.24) is 9.97 Å². The van der Waals surface area contributed by atoms with Crippen LogP contribution in [0.1, 0.15) is 25.5 Å². The third kappa shape index (κ3) is 2.47. The molecule has 1 aliphatic rings. The largest absolute Gasteiger partial charge is 0.508 e. The van der Waals surface area contributed by atoms with Gasteiger partial charge in [0.1, 0.15) is 10.8 Å². The molecule has 2 atom stereocenters. The number of H-pyrrole nitrogens is 1. The average Bonchev–Trinajstić information content (AvgIpc) is 3.04. The maximum atomic E-state index is 10.0. The first-order valence-electron chi connectivity index (χ1n) is 6.56. The van der Waals surface area contributed by atoms with E-state index in [1.54, 1.807) is 23.6 Å². The van der Waals surface area contributed by atoms with Gasteiger partial charge in [0, 0.05) is 33.2 Å². The molecule has 110 valence electrons. The molecule has 6 heteroatoms. The van der Waals surface area contributed by atoms with Gasteiger partial charge in [-0.25, -0.2) is 4.98 Å². The summed E-state index contributed by atoms with van der Waals surface area (Å²) in [4.78, 5) is 7.73. The van der Waals surface area contributed by atoms with Gasteiger partial charge in [-0.2, -0.15) is 0 Å². The molecule has 0 radical (unpaired) electrons. The van der Waals surface area contributed by atoms with E-state index in [-0.39, 0.29) is 11.7 Å². The summed E-state index contributed by atoms with van der Waals surface area (Å²) in [6, 6.07) is 2.02. The maximum Gasteiger partial charge on any atom is 0.140 e. The van der Waals surface area contributed by atoms with Gasteiger partial charge in [0.2, 0.25) is 0 Å². The molecule has 0 bridgehead atoms. The lowest BCUT2D eigenvalue weighted by Gasteiger charge is -2.34. The quantitative estimate of drug-likeness (QED) is 0.749. The van der Waals surface area contributed by atoms with Crippen LogP contribution < -0.4 is 5.73 Å². The third-order valence-corrected chi connectivity index (χ3v) is 5.22. The number of thiazole rings is 1. The van der Waals surface area contributed by atoms with Gasteiger partial charge in [-0.05, 0) is 47.5 Å². The van der Waals surface area contributed by atoms with Crippen molar-refractivity contribution in [3.05, 3.63) is 51.3 Å². The summed E-state index contributed by atoms with van der Waals surface area (Å²) in [6.45, 7) is 3.87. The Morgan fingerprint density at radius 1 is 1.52 bits per heavy atom. The van der Waals surface area contributed by atoms with Gasteiger partial charge in [0.25, 0.3) is 0 Å². The summed E-state index contributed by atoms with van der Waals surface area (Å²) in [5, 5.41) is 12.9. The summed E-state index contributed by atoms with van der Waals surface area (Å²) < 4.78 is 0.949. The lowest BCUT2D eigenvalue weighted by molar-refractivity contribution is 0.390. The van der Waals surface area contributed by atoms with E-state index >= 15 is 0 Å². The van der Waals surface area contributed by atoms with E-state index in [1.165, 1.54) is 0 Å². The Labute approximate surface area is 135 Å². The number of aromatic nitrogens is 2. The summed E-state index contributed by atoms with van der Waals surface area (Å²) >= 11 is 5.15. The minimum Gasteiger partial charge on any atom is -0.508 e. The van der Waals surface area contributed by atoms with E-state index in [2.05, 4.69) is 25.9 Å². The van der Waals surface area contributed by atoms with Crippen LogP contribution in [0.5, 0.6) is 0 Å². The van der Waals surface area contributed by atoms with Crippen LogP contribution in [0.2, 0.25) is 0 Å². The Morgan fingerprint density at radius 2 is 2.29 bits per heavy atom. The summed E-state index contributed by atoms with van der Waals surface area (Å²) in [7, 11) is 0. The molecular weight excluding hydrogens is 350 g/mol. The molecule has 2 aromatic heterocycles. The number of halogens is 1. The fraction of sp³-hybridized carbons (Fsp3) is 0.267. The van der Waals surface area contributed by atoms with E-state index in [9.17, 15) is 5.11 Å². The van der Waals surface area contributed by atoms with Crippen LogP contribution in [0.4, 0.5) is 0 Å². The first-order chi connectivity index (χ1) is 9.90. The lowest BCUT2D eigenvalue weighted by atomic mass is 9.76. The van der Waals surface area contributed by atoms with Crippen molar-refractivity contribution >= 4 is 27.3 Å². The highest BCUT2D eigenvalue weighted by Crippen LogP contribution is 2.41. The number of rotatable bonds is 2. The first kappa shape index (κ1) is 14.6. The molecule has 0 saturated carbocycles. The van der Waals surface area contributed by atoms with Gasteiger partial charge in [-0.3, -0.25) is 0 Å². The molecule has 1 aliphatic carbocycles. The van der Waals surface area contributed by atoms with Crippen molar-refractivity contribution < 1.29 is 5.11 Å². The molecule has 0 saturated heterocycles. The molecule has 4 nitrogen and oxygen atoms in total. The first-order valence-corrected chi connectivity index (χ1v) is 8.23. The fourth-order valence-electron chi connectivity index (χ4n) is 2.78. The SMILES string of the molecule is CC1=C(O)C=CC(C)(N)C1c1cc(Br)c(-c2nccs2)[nH]1. The average molecular weight is 366 g/mol. The number of aromatic amines is 1. The Hall–Kier alpha value is -1.37. The van der Waals surface area contributed by atoms with Crippen molar-refractivity contribution in [3.8, 4) is 10.7 Å². The molecule has 21 heavy (non-hydrogen) atoms. The minimum atomic E-state index is -0.555. The van der Waals surface area contributed by atoms with Gasteiger partial charge in [0.05, 0.1) is 5.69 Å². The number of hydrogen-bond acceptors (Lipinski definition) is 4. The van der Waals surface area contributed by atoms with Crippen molar-refractivity contribution in [2.24, 2.45) is 5.73 Å². The predicted octanol–water partition coefficient (Wildman–Crippen LogP) is 4.10. The Kier molecular flexibility index (Phi) is 3.55. The molecule has 2 unspecified atom stereocenters.